The van der Waals surface area contributed by atoms with Crippen LogP contribution in [0, 0.1) is 0 Å². The third-order valence-electron chi connectivity index (χ3n) is 5.24. The summed E-state index contributed by atoms with van der Waals surface area (Å²) >= 11 is 0. The third kappa shape index (κ3) is 5.08. The van der Waals surface area contributed by atoms with Gasteiger partial charge in [0.15, 0.2) is 15.7 Å². The minimum Gasteiger partial charge on any atom is -0.393 e. The van der Waals surface area contributed by atoms with Crippen LogP contribution >= 0.6 is 0 Å². The molecule has 0 aliphatic carbocycles. The SMILES string of the molecule is CC(C)(C)c1cc(NC(=O)[C@@H]2C[C@@H](O)CCN2C(=O)N2CCS(=O)(=O)CC2)no1. The normalized spacial score (nSPS) is 25.0. The van der Waals surface area contributed by atoms with Crippen molar-refractivity contribution in [1.82, 2.24) is 15.0 Å². The minimum atomic E-state index is -3.12. The van der Waals surface area contributed by atoms with Crippen LogP contribution in [-0.2, 0) is 20.0 Å². The Balaban J connectivity index is 1.71. The van der Waals surface area contributed by atoms with Gasteiger partial charge < -0.3 is 24.7 Å². The number of urea groups is 1. The summed E-state index contributed by atoms with van der Waals surface area (Å²) in [5, 5.41) is 16.6. The van der Waals surface area contributed by atoms with E-state index in [2.05, 4.69) is 10.5 Å². The summed E-state index contributed by atoms with van der Waals surface area (Å²) in [7, 11) is -3.12. The predicted molar refractivity (Wildman–Crippen MR) is 105 cm³/mol. The van der Waals surface area contributed by atoms with Crippen LogP contribution in [0.4, 0.5) is 10.6 Å². The number of rotatable bonds is 2. The Labute approximate surface area is 170 Å². The maximum atomic E-state index is 12.9. The zero-order valence-electron chi connectivity index (χ0n) is 16.9. The van der Waals surface area contributed by atoms with Crippen molar-refractivity contribution in [2.45, 2.75) is 51.2 Å². The molecule has 2 saturated heterocycles. The lowest BCUT2D eigenvalue weighted by atomic mass is 9.93. The van der Waals surface area contributed by atoms with Crippen LogP contribution in [0.5, 0.6) is 0 Å². The molecule has 2 N–H and O–H groups in total. The molecule has 0 saturated carbocycles. The number of hydrogen-bond donors (Lipinski definition) is 2. The molecule has 2 atom stereocenters. The molecule has 11 heteroatoms. The fraction of sp³-hybridized carbons (Fsp3) is 0.722. The van der Waals surface area contributed by atoms with Gasteiger partial charge in [-0.1, -0.05) is 25.9 Å². The molecule has 0 spiro atoms. The number of hydrogen-bond acceptors (Lipinski definition) is 7. The zero-order chi connectivity index (χ0) is 21.4. The third-order valence-corrected chi connectivity index (χ3v) is 6.85. The fourth-order valence-corrected chi connectivity index (χ4v) is 4.61. The highest BCUT2D eigenvalue weighted by Crippen LogP contribution is 2.26. The average molecular weight is 429 g/mol. The Kier molecular flexibility index (Phi) is 5.91. The number of aliphatic hydroxyl groups excluding tert-OH is 1. The van der Waals surface area contributed by atoms with Gasteiger partial charge in [-0.15, -0.1) is 0 Å². The van der Waals surface area contributed by atoms with Gasteiger partial charge in [0.25, 0.3) is 0 Å². The molecule has 0 unspecified atom stereocenters. The molecule has 3 heterocycles. The van der Waals surface area contributed by atoms with Crippen LogP contribution in [0.1, 0.15) is 39.4 Å². The molecule has 1 aromatic heterocycles. The number of nitrogens with zero attached hydrogens (tertiary/aromatic N) is 3. The lowest BCUT2D eigenvalue weighted by molar-refractivity contribution is -0.123. The molecular weight excluding hydrogens is 400 g/mol. The van der Waals surface area contributed by atoms with Crippen LogP contribution in [-0.4, -0.2) is 83.7 Å². The quantitative estimate of drug-likeness (QED) is 0.704. The van der Waals surface area contributed by atoms with Crippen molar-refractivity contribution >= 4 is 27.6 Å². The van der Waals surface area contributed by atoms with E-state index in [1.165, 1.54) is 9.80 Å². The molecular formula is C18H28N4O6S. The Morgan fingerprint density at radius 2 is 1.90 bits per heavy atom. The van der Waals surface area contributed by atoms with E-state index in [1.54, 1.807) is 6.07 Å². The van der Waals surface area contributed by atoms with Crippen molar-refractivity contribution in [2.24, 2.45) is 0 Å². The molecule has 3 amide bonds. The van der Waals surface area contributed by atoms with E-state index in [1.807, 2.05) is 20.8 Å². The van der Waals surface area contributed by atoms with Crippen molar-refractivity contribution in [3.63, 3.8) is 0 Å². The number of amides is 3. The Bertz CT molecular complexity index is 861. The second kappa shape index (κ2) is 7.94. The number of piperidine rings is 1. The molecule has 2 fully saturated rings. The van der Waals surface area contributed by atoms with Gasteiger partial charge >= 0.3 is 6.03 Å². The number of sulfone groups is 1. The summed E-state index contributed by atoms with van der Waals surface area (Å²) in [5.41, 5.74) is -0.270. The number of likely N-dealkylation sites (tertiary alicyclic amines) is 1. The summed E-state index contributed by atoms with van der Waals surface area (Å²) in [5.74, 6) is 0.229. The number of nitrogens with one attached hydrogen (secondary N) is 1. The first-order valence-corrected chi connectivity index (χ1v) is 11.5. The number of carbonyl (C=O) groups excluding carboxylic acids is 2. The van der Waals surface area contributed by atoms with Crippen molar-refractivity contribution in [3.05, 3.63) is 11.8 Å². The summed E-state index contributed by atoms with van der Waals surface area (Å²) in [6.45, 7) is 6.29. The van der Waals surface area contributed by atoms with Crippen LogP contribution in [0.3, 0.4) is 0 Å². The van der Waals surface area contributed by atoms with Crippen LogP contribution < -0.4 is 5.32 Å². The fourth-order valence-electron chi connectivity index (χ4n) is 3.41. The maximum absolute atomic E-state index is 12.9. The predicted octanol–water partition coefficient (Wildman–Crippen LogP) is 0.586. The highest BCUT2D eigenvalue weighted by Gasteiger charge is 2.39. The molecule has 1 aromatic rings. The second-order valence-electron chi connectivity index (χ2n) is 8.62. The van der Waals surface area contributed by atoms with Gasteiger partial charge in [-0.25, -0.2) is 13.2 Å². The van der Waals surface area contributed by atoms with Crippen LogP contribution in [0.15, 0.2) is 10.6 Å². The zero-order valence-corrected chi connectivity index (χ0v) is 17.7. The van der Waals surface area contributed by atoms with Gasteiger partial charge in [-0.05, 0) is 6.42 Å². The van der Waals surface area contributed by atoms with E-state index >= 15 is 0 Å². The first kappa shape index (κ1) is 21.6. The highest BCUT2D eigenvalue weighted by atomic mass is 32.2. The van der Waals surface area contributed by atoms with Crippen molar-refractivity contribution in [3.8, 4) is 0 Å². The standard InChI is InChI=1S/C18H28N4O6S/c1-18(2,3)14-11-15(20-28-14)19-16(24)13-10-12(23)4-5-22(13)17(25)21-6-8-29(26,27)9-7-21/h11-13,23H,4-10H2,1-3H3,(H,19,20,24)/t12-,13-/m0/s1. The smallest absolute Gasteiger partial charge is 0.320 e. The summed E-state index contributed by atoms with van der Waals surface area (Å²) in [4.78, 5) is 28.7. The summed E-state index contributed by atoms with van der Waals surface area (Å²) in [6.07, 6.45) is -0.230. The number of aliphatic hydroxyl groups is 1. The lowest BCUT2D eigenvalue weighted by Gasteiger charge is -2.40. The van der Waals surface area contributed by atoms with E-state index in [-0.39, 0.29) is 54.8 Å². The van der Waals surface area contributed by atoms with E-state index in [0.717, 1.165) is 0 Å². The van der Waals surface area contributed by atoms with E-state index < -0.39 is 27.9 Å². The van der Waals surface area contributed by atoms with Gasteiger partial charge in [-0.2, -0.15) is 0 Å². The minimum absolute atomic E-state index is 0.0828. The monoisotopic (exact) mass is 428 g/mol. The molecule has 10 nitrogen and oxygen atoms in total. The summed E-state index contributed by atoms with van der Waals surface area (Å²) < 4.78 is 28.5. The van der Waals surface area contributed by atoms with Gasteiger partial charge in [0, 0.05) is 37.5 Å². The largest absolute Gasteiger partial charge is 0.393 e. The Morgan fingerprint density at radius 3 is 2.48 bits per heavy atom. The summed E-state index contributed by atoms with van der Waals surface area (Å²) in [6, 6.07) is 0.376. The molecule has 0 bridgehead atoms. The highest BCUT2D eigenvalue weighted by molar-refractivity contribution is 7.91. The van der Waals surface area contributed by atoms with Crippen LogP contribution in [0.2, 0.25) is 0 Å². The molecule has 3 rings (SSSR count). The second-order valence-corrected chi connectivity index (χ2v) is 10.9. The van der Waals surface area contributed by atoms with Gasteiger partial charge in [0.05, 0.1) is 17.6 Å². The van der Waals surface area contributed by atoms with E-state index in [4.69, 9.17) is 4.52 Å². The van der Waals surface area contributed by atoms with Gasteiger partial charge in [-0.3, -0.25) is 4.79 Å². The molecule has 29 heavy (non-hydrogen) atoms. The molecule has 0 aromatic carbocycles. The van der Waals surface area contributed by atoms with E-state index in [0.29, 0.717) is 12.2 Å². The number of anilines is 1. The molecule has 162 valence electrons. The lowest BCUT2D eigenvalue weighted by Crippen LogP contribution is -2.58. The number of carbonyl (C=O) groups is 2. The molecule has 0 radical (unpaired) electrons. The first-order chi connectivity index (χ1) is 13.5. The van der Waals surface area contributed by atoms with Crippen molar-refractivity contribution in [1.29, 1.82) is 0 Å². The maximum Gasteiger partial charge on any atom is 0.320 e. The Morgan fingerprint density at radius 1 is 1.24 bits per heavy atom. The van der Waals surface area contributed by atoms with Crippen molar-refractivity contribution < 1.29 is 27.6 Å². The topological polar surface area (TPSA) is 133 Å². The van der Waals surface area contributed by atoms with Gasteiger partial charge in [0.2, 0.25) is 5.91 Å². The number of aromatic nitrogens is 1. The Hall–Kier alpha value is -2.14. The van der Waals surface area contributed by atoms with Crippen LogP contribution in [0.25, 0.3) is 0 Å². The molecule has 2 aliphatic heterocycles. The van der Waals surface area contributed by atoms with Crippen molar-refractivity contribution in [2.75, 3.05) is 36.5 Å². The van der Waals surface area contributed by atoms with E-state index in [9.17, 15) is 23.1 Å². The molecule has 2 aliphatic rings. The average Bonchev–Trinajstić information content (AvgIpc) is 3.10. The first-order valence-electron chi connectivity index (χ1n) is 9.68. The van der Waals surface area contributed by atoms with Gasteiger partial charge in [0.1, 0.15) is 11.8 Å².